The summed E-state index contributed by atoms with van der Waals surface area (Å²) in [5, 5.41) is 0. The van der Waals surface area contributed by atoms with Crippen LogP contribution in [0.4, 0.5) is 0 Å². The summed E-state index contributed by atoms with van der Waals surface area (Å²) in [6.07, 6.45) is 1.17. The molecule has 0 radical (unpaired) electrons. The average Bonchev–Trinajstić information content (AvgIpc) is 2.47. The Morgan fingerprint density at radius 3 is 1.62 bits per heavy atom. The highest BCUT2D eigenvalue weighted by Crippen LogP contribution is 2.09. The Bertz CT molecular complexity index is 608. The Balaban J connectivity index is 1.87. The first-order valence-corrected chi connectivity index (χ1v) is 7.00. The minimum absolute atomic E-state index is 0.0244. The van der Waals surface area contributed by atoms with Gasteiger partial charge in [-0.1, -0.05) is 12.1 Å². The molecule has 0 aliphatic rings. The fourth-order valence-corrected chi connectivity index (χ4v) is 2.06. The topological polar surface area (TPSA) is 59.9 Å². The minimum atomic E-state index is -0.0244. The van der Waals surface area contributed by atoms with Crippen LogP contribution in [0.2, 0.25) is 0 Å². The number of ketones is 2. The standard InChI is InChI=1S/C17H18N2O2/c1-12-6-3-8-14(18-12)16(20)10-5-11-17(21)15-9-4-7-13(2)19-15/h3-4,6-9H,5,10-11H2,1-2H3. The quantitative estimate of drug-likeness (QED) is 0.762. The maximum Gasteiger partial charge on any atom is 0.181 e. The van der Waals surface area contributed by atoms with E-state index in [9.17, 15) is 9.59 Å². The third kappa shape index (κ3) is 4.31. The van der Waals surface area contributed by atoms with Crippen LogP contribution < -0.4 is 0 Å². The lowest BCUT2D eigenvalue weighted by molar-refractivity contribution is 0.0952. The minimum Gasteiger partial charge on any atom is -0.292 e. The first kappa shape index (κ1) is 15.0. The molecule has 0 unspecified atom stereocenters. The number of rotatable bonds is 6. The Kier molecular flexibility index (Phi) is 4.93. The van der Waals surface area contributed by atoms with Crippen LogP contribution >= 0.6 is 0 Å². The molecule has 0 aliphatic carbocycles. The SMILES string of the molecule is Cc1cccc(C(=O)CCCC(=O)c2cccc(C)n2)n1. The summed E-state index contributed by atoms with van der Waals surface area (Å²) in [6.45, 7) is 3.70. The molecule has 2 aromatic rings. The van der Waals surface area contributed by atoms with Gasteiger partial charge < -0.3 is 0 Å². The van der Waals surface area contributed by atoms with Crippen molar-refractivity contribution in [1.82, 2.24) is 9.97 Å². The molecule has 2 heterocycles. The summed E-state index contributed by atoms with van der Waals surface area (Å²) < 4.78 is 0. The molecule has 0 amide bonds. The Morgan fingerprint density at radius 1 is 0.810 bits per heavy atom. The number of hydrogen-bond donors (Lipinski definition) is 0. The molecule has 4 nitrogen and oxygen atoms in total. The van der Waals surface area contributed by atoms with Gasteiger partial charge in [0.05, 0.1) is 0 Å². The molecule has 0 bridgehead atoms. The van der Waals surface area contributed by atoms with Crippen LogP contribution in [0.1, 0.15) is 51.6 Å². The third-order valence-corrected chi connectivity index (χ3v) is 3.16. The summed E-state index contributed by atoms with van der Waals surface area (Å²) >= 11 is 0. The number of hydrogen-bond acceptors (Lipinski definition) is 4. The van der Waals surface area contributed by atoms with Gasteiger partial charge in [-0.3, -0.25) is 19.6 Å². The van der Waals surface area contributed by atoms with Gasteiger partial charge >= 0.3 is 0 Å². The van der Waals surface area contributed by atoms with E-state index in [1.807, 2.05) is 38.1 Å². The number of aromatic nitrogens is 2. The number of aryl methyl sites for hydroxylation is 2. The van der Waals surface area contributed by atoms with Crippen LogP contribution in [0.15, 0.2) is 36.4 Å². The first-order valence-electron chi connectivity index (χ1n) is 7.00. The van der Waals surface area contributed by atoms with Crippen LogP contribution in [0.25, 0.3) is 0 Å². The summed E-state index contributed by atoms with van der Waals surface area (Å²) in [5.74, 6) is -0.0487. The maximum atomic E-state index is 12.0. The third-order valence-electron chi connectivity index (χ3n) is 3.16. The van der Waals surface area contributed by atoms with E-state index in [4.69, 9.17) is 0 Å². The van der Waals surface area contributed by atoms with E-state index in [0.717, 1.165) is 11.4 Å². The molecule has 0 saturated carbocycles. The van der Waals surface area contributed by atoms with Gasteiger partial charge in [0.15, 0.2) is 11.6 Å². The molecule has 0 atom stereocenters. The van der Waals surface area contributed by atoms with E-state index >= 15 is 0 Å². The largest absolute Gasteiger partial charge is 0.292 e. The Morgan fingerprint density at radius 2 is 1.24 bits per heavy atom. The van der Waals surface area contributed by atoms with Crippen molar-refractivity contribution in [3.8, 4) is 0 Å². The molecule has 0 N–H and O–H groups in total. The molecular weight excluding hydrogens is 264 g/mol. The first-order chi connectivity index (χ1) is 10.1. The number of carbonyl (C=O) groups excluding carboxylic acids is 2. The zero-order valence-corrected chi connectivity index (χ0v) is 12.3. The van der Waals surface area contributed by atoms with Crippen molar-refractivity contribution in [2.75, 3.05) is 0 Å². The zero-order valence-electron chi connectivity index (χ0n) is 12.3. The molecular formula is C17H18N2O2. The maximum absolute atomic E-state index is 12.0. The van der Waals surface area contributed by atoms with Gasteiger partial charge in [-0.05, 0) is 44.5 Å². The van der Waals surface area contributed by atoms with E-state index in [2.05, 4.69) is 9.97 Å². The van der Waals surface area contributed by atoms with E-state index in [0.29, 0.717) is 30.7 Å². The Labute approximate surface area is 124 Å². The van der Waals surface area contributed by atoms with Crippen molar-refractivity contribution >= 4 is 11.6 Å². The lowest BCUT2D eigenvalue weighted by Crippen LogP contribution is -2.06. The van der Waals surface area contributed by atoms with Gasteiger partial charge in [0.25, 0.3) is 0 Å². The molecule has 0 aromatic carbocycles. The molecule has 2 rings (SSSR count). The van der Waals surface area contributed by atoms with E-state index < -0.39 is 0 Å². The van der Waals surface area contributed by atoms with Crippen molar-refractivity contribution in [2.24, 2.45) is 0 Å². The van der Waals surface area contributed by atoms with Gasteiger partial charge in [-0.25, -0.2) is 0 Å². The Hall–Kier alpha value is -2.36. The molecule has 21 heavy (non-hydrogen) atoms. The highest BCUT2D eigenvalue weighted by molar-refractivity contribution is 5.96. The lowest BCUT2D eigenvalue weighted by atomic mass is 10.1. The van der Waals surface area contributed by atoms with Gasteiger partial charge in [0.2, 0.25) is 0 Å². The van der Waals surface area contributed by atoms with E-state index in [-0.39, 0.29) is 11.6 Å². The second-order valence-corrected chi connectivity index (χ2v) is 5.03. The summed E-state index contributed by atoms with van der Waals surface area (Å²) in [4.78, 5) is 32.3. The van der Waals surface area contributed by atoms with E-state index in [1.165, 1.54) is 0 Å². The molecule has 108 valence electrons. The fourth-order valence-electron chi connectivity index (χ4n) is 2.06. The summed E-state index contributed by atoms with van der Waals surface area (Å²) in [6, 6.07) is 10.8. The van der Waals surface area contributed by atoms with Crippen molar-refractivity contribution < 1.29 is 9.59 Å². The zero-order chi connectivity index (χ0) is 15.2. The molecule has 0 aliphatic heterocycles. The second-order valence-electron chi connectivity index (χ2n) is 5.03. The number of nitrogens with zero attached hydrogens (tertiary/aromatic N) is 2. The van der Waals surface area contributed by atoms with Crippen LogP contribution in [0.5, 0.6) is 0 Å². The lowest BCUT2D eigenvalue weighted by Gasteiger charge is -2.02. The molecule has 0 fully saturated rings. The van der Waals surface area contributed by atoms with Crippen molar-refractivity contribution in [2.45, 2.75) is 33.1 Å². The van der Waals surface area contributed by atoms with Crippen molar-refractivity contribution in [3.63, 3.8) is 0 Å². The molecule has 2 aromatic heterocycles. The van der Waals surface area contributed by atoms with Gasteiger partial charge in [0, 0.05) is 24.2 Å². The number of pyridine rings is 2. The number of Topliss-reactive ketones (excluding diaryl/α,β-unsaturated/α-hetero) is 2. The molecule has 4 heteroatoms. The predicted molar refractivity (Wildman–Crippen MR) is 80.5 cm³/mol. The van der Waals surface area contributed by atoms with Gasteiger partial charge in [-0.2, -0.15) is 0 Å². The molecule has 0 saturated heterocycles. The van der Waals surface area contributed by atoms with Crippen molar-refractivity contribution in [3.05, 3.63) is 59.2 Å². The molecule has 0 spiro atoms. The van der Waals surface area contributed by atoms with E-state index in [1.54, 1.807) is 12.1 Å². The highest BCUT2D eigenvalue weighted by Gasteiger charge is 2.11. The smallest absolute Gasteiger partial charge is 0.181 e. The van der Waals surface area contributed by atoms with Gasteiger partial charge in [-0.15, -0.1) is 0 Å². The monoisotopic (exact) mass is 282 g/mol. The predicted octanol–water partition coefficient (Wildman–Crippen LogP) is 3.33. The number of carbonyl (C=O) groups is 2. The normalized spacial score (nSPS) is 10.4. The highest BCUT2D eigenvalue weighted by atomic mass is 16.1. The van der Waals surface area contributed by atoms with Crippen LogP contribution in [0, 0.1) is 13.8 Å². The summed E-state index contributed by atoms with van der Waals surface area (Å²) in [7, 11) is 0. The van der Waals surface area contributed by atoms with Crippen LogP contribution in [-0.2, 0) is 0 Å². The van der Waals surface area contributed by atoms with Crippen molar-refractivity contribution in [1.29, 1.82) is 0 Å². The average molecular weight is 282 g/mol. The summed E-state index contributed by atoms with van der Waals surface area (Å²) in [5.41, 5.74) is 2.58. The fraction of sp³-hybridized carbons (Fsp3) is 0.294. The van der Waals surface area contributed by atoms with Crippen LogP contribution in [0.3, 0.4) is 0 Å². The van der Waals surface area contributed by atoms with Crippen LogP contribution in [-0.4, -0.2) is 21.5 Å². The second kappa shape index (κ2) is 6.88. The van der Waals surface area contributed by atoms with Gasteiger partial charge in [0.1, 0.15) is 11.4 Å².